The molecule has 3 aromatic rings. The van der Waals surface area contributed by atoms with Crippen LogP contribution in [0, 0.1) is 23.0 Å². The SMILES string of the molecule is CC(NC(=O)C(NC(=O)CCCCCN1C(=O)C=CC1=O)C(C)C)C(=O)NCCCN(C(=O)CSCCC(=O)NCCC(=O)NC(CC(=O)OC(C)(C)C)C(=O)OC(C)(C)C)C(c1cc(-c2cc(F)ccc2F)cn1Cc1ccccc1)C(C)(C)C. The molecule has 1 aromatic heterocycles. The monoisotopic (exact) mass is 1220 g/mol. The van der Waals surface area contributed by atoms with Crippen LogP contribution in [0.5, 0.6) is 0 Å². The van der Waals surface area contributed by atoms with E-state index in [1.807, 2.05) is 55.7 Å². The number of thioether (sulfide) groups is 1. The molecular weight excluding hydrogens is 1130 g/mol. The van der Waals surface area contributed by atoms with Gasteiger partial charge < -0.3 is 45.5 Å². The van der Waals surface area contributed by atoms with E-state index in [0.29, 0.717) is 37.1 Å². The molecule has 2 heterocycles. The fourth-order valence-electron chi connectivity index (χ4n) is 9.35. The summed E-state index contributed by atoms with van der Waals surface area (Å²) in [5.41, 5.74) is -0.478. The number of imide groups is 1. The lowest BCUT2D eigenvalue weighted by atomic mass is 9.83. The van der Waals surface area contributed by atoms with Gasteiger partial charge in [0, 0.05) is 92.9 Å². The summed E-state index contributed by atoms with van der Waals surface area (Å²) in [6.07, 6.45) is 5.35. The lowest BCUT2D eigenvalue weighted by molar-refractivity contribution is -0.165. The minimum absolute atomic E-state index is 0.0257. The van der Waals surface area contributed by atoms with Gasteiger partial charge in [0.1, 0.15) is 41.0 Å². The minimum Gasteiger partial charge on any atom is -0.460 e. The summed E-state index contributed by atoms with van der Waals surface area (Å²) in [5.74, 6) is -6.53. The summed E-state index contributed by atoms with van der Waals surface area (Å²) in [4.78, 5) is 133. The molecule has 5 N–H and O–H groups in total. The van der Waals surface area contributed by atoms with Crippen molar-refractivity contribution in [3.05, 3.63) is 95.8 Å². The number of ether oxygens (including phenoxy) is 2. The van der Waals surface area contributed by atoms with E-state index < -0.39 is 94.4 Å². The molecule has 0 radical (unpaired) electrons. The first-order chi connectivity index (χ1) is 40.2. The maximum Gasteiger partial charge on any atom is 0.329 e. The number of carbonyl (C=O) groups excluding carboxylic acids is 10. The maximum atomic E-state index is 15.5. The summed E-state index contributed by atoms with van der Waals surface area (Å²) < 4.78 is 42.9. The fourth-order valence-corrected chi connectivity index (χ4v) is 10.2. The third kappa shape index (κ3) is 24.1. The van der Waals surface area contributed by atoms with Crippen LogP contribution in [0.25, 0.3) is 11.1 Å². The molecule has 1 aliphatic rings. The quantitative estimate of drug-likeness (QED) is 0.0235. The Morgan fingerprint density at radius 2 is 1.34 bits per heavy atom. The second kappa shape index (κ2) is 32.9. The van der Waals surface area contributed by atoms with Crippen LogP contribution in [0.15, 0.2) is 72.9 Å². The molecule has 1 aliphatic heterocycles. The van der Waals surface area contributed by atoms with Crippen LogP contribution in [0.2, 0.25) is 0 Å². The van der Waals surface area contributed by atoms with E-state index in [9.17, 15) is 52.3 Å². The molecule has 4 unspecified atom stereocenters. The van der Waals surface area contributed by atoms with Gasteiger partial charge in [-0.05, 0) is 109 Å². The van der Waals surface area contributed by atoms with E-state index in [0.717, 1.165) is 28.7 Å². The first-order valence-electron chi connectivity index (χ1n) is 29.2. The molecular formula is C63H88F2N8O12S. The highest BCUT2D eigenvalue weighted by Crippen LogP contribution is 2.41. The number of carbonyl (C=O) groups is 10. The number of amides is 8. The van der Waals surface area contributed by atoms with Gasteiger partial charge in [-0.1, -0.05) is 71.4 Å². The van der Waals surface area contributed by atoms with E-state index >= 15 is 4.39 Å². The average Bonchev–Trinajstić information content (AvgIpc) is 2.01. The summed E-state index contributed by atoms with van der Waals surface area (Å²) in [7, 11) is 0. The maximum absolute atomic E-state index is 15.5. The molecule has 0 spiro atoms. The van der Waals surface area contributed by atoms with E-state index in [4.69, 9.17) is 9.47 Å². The van der Waals surface area contributed by atoms with Gasteiger partial charge in [-0.15, -0.1) is 0 Å². The van der Waals surface area contributed by atoms with Gasteiger partial charge in [0.15, 0.2) is 0 Å². The molecule has 8 amide bonds. The van der Waals surface area contributed by atoms with Gasteiger partial charge in [0.2, 0.25) is 35.4 Å². The number of nitrogens with zero attached hydrogens (tertiary/aromatic N) is 3. The molecule has 4 rings (SSSR count). The van der Waals surface area contributed by atoms with Crippen molar-refractivity contribution in [1.82, 2.24) is 41.0 Å². The molecule has 0 bridgehead atoms. The molecule has 0 aliphatic carbocycles. The van der Waals surface area contributed by atoms with Gasteiger partial charge >= 0.3 is 11.9 Å². The average molecular weight is 1220 g/mol. The normalized spacial score (nSPS) is 14.0. The number of esters is 2. The second-order valence-corrected chi connectivity index (χ2v) is 25.8. The molecule has 20 nitrogen and oxygen atoms in total. The summed E-state index contributed by atoms with van der Waals surface area (Å²) in [6, 6.07) is 10.5. The highest BCUT2D eigenvalue weighted by atomic mass is 32.2. The topological polar surface area (TPSA) is 261 Å². The van der Waals surface area contributed by atoms with Crippen molar-refractivity contribution < 1.29 is 66.2 Å². The van der Waals surface area contributed by atoms with E-state index in [1.54, 1.807) is 72.6 Å². The largest absolute Gasteiger partial charge is 0.460 e. The molecule has 23 heteroatoms. The van der Waals surface area contributed by atoms with Crippen molar-refractivity contribution in [2.24, 2.45) is 11.3 Å². The standard InChI is InChI=1S/C63H88F2N8O12S/c1-40(2)56(70-50(75)22-17-14-18-31-72-52(77)25-26-53(72)78)59(82)68-41(3)58(81)67-29-19-32-73(57(61(4,5)6)48-34-43(45-35-44(64)23-24-46(45)65)38-71(48)37-42-20-15-13-16-21-42)54(79)39-86-33-28-49(74)66-30-27-51(76)69-47(60(83)85-63(10,11)12)36-55(80)84-62(7,8)9/h13,15-16,20-21,23-26,34-35,38,40-41,47,56-57H,14,17-19,22,27-33,36-37,39H2,1-12H3,(H,66,74)(H,67,81)(H,68,82)(H,69,76)(H,70,75). The van der Waals surface area contributed by atoms with Crippen LogP contribution in [0.1, 0.15) is 152 Å². The van der Waals surface area contributed by atoms with Gasteiger partial charge in [-0.2, -0.15) is 11.8 Å². The van der Waals surface area contributed by atoms with Gasteiger partial charge in [0.05, 0.1) is 18.2 Å². The third-order valence-electron chi connectivity index (χ3n) is 13.4. The summed E-state index contributed by atoms with van der Waals surface area (Å²) in [5, 5.41) is 13.5. The highest BCUT2D eigenvalue weighted by molar-refractivity contribution is 7.99. The zero-order valence-electron chi connectivity index (χ0n) is 51.8. The number of hydrogen-bond donors (Lipinski definition) is 5. The smallest absolute Gasteiger partial charge is 0.329 e. The van der Waals surface area contributed by atoms with Crippen LogP contribution >= 0.6 is 11.8 Å². The molecule has 0 saturated carbocycles. The Hall–Kier alpha value is -7.43. The second-order valence-electron chi connectivity index (χ2n) is 24.7. The van der Waals surface area contributed by atoms with Crippen molar-refractivity contribution >= 4 is 71.0 Å². The van der Waals surface area contributed by atoms with Crippen LogP contribution in [0.4, 0.5) is 8.78 Å². The van der Waals surface area contributed by atoms with Gasteiger partial charge in [-0.25, -0.2) is 13.6 Å². The molecule has 86 heavy (non-hydrogen) atoms. The lowest BCUT2D eigenvalue weighted by Crippen LogP contribution is -2.54. The number of rotatable bonds is 32. The van der Waals surface area contributed by atoms with Crippen LogP contribution in [-0.2, 0) is 64.0 Å². The van der Waals surface area contributed by atoms with Crippen LogP contribution in [-0.4, -0.2) is 141 Å². The van der Waals surface area contributed by atoms with Crippen LogP contribution < -0.4 is 26.6 Å². The first-order valence-corrected chi connectivity index (χ1v) is 30.4. The van der Waals surface area contributed by atoms with Crippen molar-refractivity contribution in [2.45, 2.75) is 176 Å². The zero-order valence-corrected chi connectivity index (χ0v) is 52.6. The van der Waals surface area contributed by atoms with E-state index in [1.165, 1.54) is 30.8 Å². The van der Waals surface area contributed by atoms with E-state index in [-0.39, 0.29) is 98.5 Å². The van der Waals surface area contributed by atoms with Crippen molar-refractivity contribution in [2.75, 3.05) is 37.7 Å². The molecule has 2 aromatic carbocycles. The number of aromatic nitrogens is 1. The van der Waals surface area contributed by atoms with Crippen molar-refractivity contribution in [3.8, 4) is 11.1 Å². The van der Waals surface area contributed by atoms with Crippen LogP contribution in [0.3, 0.4) is 0 Å². The van der Waals surface area contributed by atoms with Crippen molar-refractivity contribution in [1.29, 1.82) is 0 Å². The number of benzene rings is 2. The lowest BCUT2D eigenvalue weighted by Gasteiger charge is -2.41. The molecule has 0 saturated heterocycles. The minimum atomic E-state index is -1.33. The Morgan fingerprint density at radius 1 is 0.686 bits per heavy atom. The van der Waals surface area contributed by atoms with Gasteiger partial charge in [-0.3, -0.25) is 48.1 Å². The Balaban J connectivity index is 1.45. The summed E-state index contributed by atoms with van der Waals surface area (Å²) in [6.45, 7) is 21.5. The fraction of sp³-hybridized carbons (Fsp3) is 0.556. The van der Waals surface area contributed by atoms with Crippen molar-refractivity contribution in [3.63, 3.8) is 0 Å². The Morgan fingerprint density at radius 3 is 1.97 bits per heavy atom. The molecule has 472 valence electrons. The molecule has 0 fully saturated rings. The third-order valence-corrected chi connectivity index (χ3v) is 14.3. The highest BCUT2D eigenvalue weighted by Gasteiger charge is 2.38. The summed E-state index contributed by atoms with van der Waals surface area (Å²) >= 11 is 1.21. The number of nitrogens with one attached hydrogen (secondary N) is 5. The predicted octanol–water partition coefficient (Wildman–Crippen LogP) is 7.22. The Labute approximate surface area is 508 Å². The number of halogens is 2. The molecule has 4 atom stereocenters. The first kappa shape index (κ1) is 71.1. The Kier molecular flexibility index (Phi) is 27.2. The zero-order chi connectivity index (χ0) is 64.1. The predicted molar refractivity (Wildman–Crippen MR) is 323 cm³/mol. The number of hydrogen-bond acceptors (Lipinski definition) is 13. The Bertz CT molecular complexity index is 2880. The number of unbranched alkanes of at least 4 members (excludes halogenated alkanes) is 2. The van der Waals surface area contributed by atoms with E-state index in [2.05, 4.69) is 26.6 Å². The van der Waals surface area contributed by atoms with Gasteiger partial charge in [0.25, 0.3) is 11.8 Å².